The number of hydrogen-bond donors (Lipinski definition) is 2. The Morgan fingerprint density at radius 3 is 3.04 bits per heavy atom. The van der Waals surface area contributed by atoms with Crippen molar-refractivity contribution in [3.8, 4) is 0 Å². The largest absolute Gasteiger partial charge is 0.459 e. The van der Waals surface area contributed by atoms with E-state index in [4.69, 9.17) is 4.42 Å². The van der Waals surface area contributed by atoms with Crippen LogP contribution in [0.2, 0.25) is 0 Å². The van der Waals surface area contributed by atoms with E-state index < -0.39 is 6.10 Å². The van der Waals surface area contributed by atoms with Gasteiger partial charge in [-0.25, -0.2) is 4.98 Å². The van der Waals surface area contributed by atoms with Gasteiger partial charge in [-0.1, -0.05) is 0 Å². The van der Waals surface area contributed by atoms with Crippen molar-refractivity contribution in [1.29, 1.82) is 0 Å². The first-order valence-corrected chi connectivity index (χ1v) is 8.22. The molecule has 0 spiro atoms. The van der Waals surface area contributed by atoms with Gasteiger partial charge in [0.05, 0.1) is 24.7 Å². The SMILES string of the molecule is O=C(N[C@@H]1CC(Cn2ccnc2)C[C@H]1O)c1occc1C1CC1. The second-order valence-electron chi connectivity index (χ2n) is 6.72. The van der Waals surface area contributed by atoms with Gasteiger partial charge in [-0.2, -0.15) is 0 Å². The summed E-state index contributed by atoms with van der Waals surface area (Å²) in [5.41, 5.74) is 1.00. The Kier molecular flexibility index (Phi) is 3.69. The number of aliphatic hydroxyl groups excluding tert-OH is 1. The summed E-state index contributed by atoms with van der Waals surface area (Å²) >= 11 is 0. The molecule has 4 rings (SSSR count). The van der Waals surface area contributed by atoms with E-state index in [1.54, 1.807) is 18.8 Å². The molecule has 2 aromatic heterocycles. The average molecular weight is 315 g/mol. The maximum atomic E-state index is 12.5. The molecule has 2 aliphatic carbocycles. The fraction of sp³-hybridized carbons (Fsp3) is 0.529. The van der Waals surface area contributed by atoms with Crippen LogP contribution in [0.15, 0.2) is 35.5 Å². The van der Waals surface area contributed by atoms with Gasteiger partial charge in [-0.15, -0.1) is 0 Å². The van der Waals surface area contributed by atoms with Crippen molar-refractivity contribution >= 4 is 5.91 Å². The Morgan fingerprint density at radius 2 is 2.30 bits per heavy atom. The molecule has 0 bridgehead atoms. The lowest BCUT2D eigenvalue weighted by Gasteiger charge is -2.16. The molecular formula is C17H21N3O3. The van der Waals surface area contributed by atoms with Gasteiger partial charge in [0.2, 0.25) is 0 Å². The molecule has 2 heterocycles. The van der Waals surface area contributed by atoms with Crippen LogP contribution in [0.4, 0.5) is 0 Å². The number of furan rings is 1. The minimum Gasteiger partial charge on any atom is -0.459 e. The summed E-state index contributed by atoms with van der Waals surface area (Å²) in [4.78, 5) is 16.5. The predicted octanol–water partition coefficient (Wildman–Crippen LogP) is 1.92. The highest BCUT2D eigenvalue weighted by Crippen LogP contribution is 2.42. The first-order valence-electron chi connectivity index (χ1n) is 8.22. The lowest BCUT2D eigenvalue weighted by molar-refractivity contribution is 0.0844. The maximum Gasteiger partial charge on any atom is 0.287 e. The van der Waals surface area contributed by atoms with E-state index in [1.807, 2.05) is 16.8 Å². The minimum absolute atomic E-state index is 0.204. The minimum atomic E-state index is -0.508. The van der Waals surface area contributed by atoms with Gasteiger partial charge >= 0.3 is 0 Å². The lowest BCUT2D eigenvalue weighted by atomic mass is 10.1. The predicted molar refractivity (Wildman–Crippen MR) is 82.9 cm³/mol. The molecule has 2 aromatic rings. The van der Waals surface area contributed by atoms with Gasteiger partial charge in [0, 0.05) is 24.5 Å². The third-order valence-corrected chi connectivity index (χ3v) is 4.89. The van der Waals surface area contributed by atoms with Crippen LogP contribution in [0.5, 0.6) is 0 Å². The standard InChI is InChI=1S/C17H21N3O3/c21-15-8-11(9-20-5-4-18-10-20)7-14(15)19-17(22)16-13(3-6-23-16)12-1-2-12/h3-6,10-12,14-15,21H,1-2,7-9H2,(H,19,22)/t11?,14-,15-/m1/s1. The summed E-state index contributed by atoms with van der Waals surface area (Å²) in [6.45, 7) is 0.817. The zero-order valence-corrected chi connectivity index (χ0v) is 12.9. The molecule has 2 N–H and O–H groups in total. The van der Waals surface area contributed by atoms with Crippen molar-refractivity contribution in [2.45, 2.75) is 50.3 Å². The number of carbonyl (C=O) groups excluding carboxylic acids is 1. The van der Waals surface area contributed by atoms with Crippen LogP contribution in [0.1, 0.15) is 47.7 Å². The highest BCUT2D eigenvalue weighted by molar-refractivity contribution is 5.93. The Hall–Kier alpha value is -2.08. The molecule has 0 aliphatic heterocycles. The van der Waals surface area contributed by atoms with Gasteiger partial charge in [-0.3, -0.25) is 4.79 Å². The summed E-state index contributed by atoms with van der Waals surface area (Å²) in [5, 5.41) is 13.2. The molecule has 1 amide bonds. The normalized spacial score (nSPS) is 27.3. The van der Waals surface area contributed by atoms with Crippen LogP contribution >= 0.6 is 0 Å². The molecule has 0 aromatic carbocycles. The number of carbonyl (C=O) groups is 1. The number of nitrogens with zero attached hydrogens (tertiary/aromatic N) is 2. The fourth-order valence-corrected chi connectivity index (χ4v) is 3.57. The second kappa shape index (κ2) is 5.85. The Morgan fingerprint density at radius 1 is 1.43 bits per heavy atom. The first-order chi connectivity index (χ1) is 11.2. The number of nitrogens with one attached hydrogen (secondary N) is 1. The van der Waals surface area contributed by atoms with E-state index >= 15 is 0 Å². The fourth-order valence-electron chi connectivity index (χ4n) is 3.57. The monoisotopic (exact) mass is 315 g/mol. The van der Waals surface area contributed by atoms with E-state index in [-0.39, 0.29) is 11.9 Å². The van der Waals surface area contributed by atoms with Crippen molar-refractivity contribution in [2.75, 3.05) is 0 Å². The lowest BCUT2D eigenvalue weighted by Crippen LogP contribution is -2.40. The number of hydrogen-bond acceptors (Lipinski definition) is 4. The Labute approximate surface area is 134 Å². The van der Waals surface area contributed by atoms with E-state index in [0.717, 1.165) is 31.4 Å². The van der Waals surface area contributed by atoms with Gasteiger partial charge in [0.15, 0.2) is 5.76 Å². The van der Waals surface area contributed by atoms with E-state index in [2.05, 4.69) is 10.3 Å². The molecule has 2 fully saturated rings. The molecule has 6 heteroatoms. The third kappa shape index (κ3) is 3.03. The van der Waals surface area contributed by atoms with Crippen molar-refractivity contribution in [3.05, 3.63) is 42.4 Å². The van der Waals surface area contributed by atoms with Crippen LogP contribution < -0.4 is 5.32 Å². The van der Waals surface area contributed by atoms with Crippen molar-refractivity contribution in [1.82, 2.24) is 14.9 Å². The summed E-state index contributed by atoms with van der Waals surface area (Å²) in [5.74, 6) is 1.02. The maximum absolute atomic E-state index is 12.5. The number of aromatic nitrogens is 2. The summed E-state index contributed by atoms with van der Waals surface area (Å²) in [6.07, 6.45) is 10.2. The van der Waals surface area contributed by atoms with Crippen molar-refractivity contribution in [3.63, 3.8) is 0 Å². The Balaban J connectivity index is 1.38. The molecule has 122 valence electrons. The van der Waals surface area contributed by atoms with Crippen LogP contribution in [0.25, 0.3) is 0 Å². The van der Waals surface area contributed by atoms with Crippen LogP contribution in [-0.2, 0) is 6.54 Å². The van der Waals surface area contributed by atoms with Gasteiger partial charge in [0.25, 0.3) is 5.91 Å². The molecule has 2 saturated carbocycles. The number of rotatable bonds is 5. The van der Waals surface area contributed by atoms with Crippen molar-refractivity contribution < 1.29 is 14.3 Å². The summed E-state index contributed by atoms with van der Waals surface area (Å²) in [6, 6.07) is 1.67. The molecule has 0 radical (unpaired) electrons. The van der Waals surface area contributed by atoms with Gasteiger partial charge in [0.1, 0.15) is 0 Å². The zero-order valence-electron chi connectivity index (χ0n) is 12.9. The van der Waals surface area contributed by atoms with Gasteiger partial charge in [-0.05, 0) is 43.6 Å². The topological polar surface area (TPSA) is 80.3 Å². The molecule has 23 heavy (non-hydrogen) atoms. The molecule has 3 atom stereocenters. The van der Waals surface area contributed by atoms with Crippen LogP contribution in [-0.4, -0.2) is 32.7 Å². The molecule has 0 saturated heterocycles. The molecule has 6 nitrogen and oxygen atoms in total. The number of amides is 1. The summed E-state index contributed by atoms with van der Waals surface area (Å²) in [7, 11) is 0. The average Bonchev–Trinajstić information content (AvgIpc) is 2.94. The van der Waals surface area contributed by atoms with Crippen molar-refractivity contribution in [2.24, 2.45) is 5.92 Å². The van der Waals surface area contributed by atoms with Gasteiger partial charge < -0.3 is 19.4 Å². The van der Waals surface area contributed by atoms with Crippen LogP contribution in [0, 0.1) is 5.92 Å². The molecule has 2 aliphatic rings. The molecule has 1 unspecified atom stereocenters. The first kappa shape index (κ1) is 14.5. The summed E-state index contributed by atoms with van der Waals surface area (Å²) < 4.78 is 7.39. The second-order valence-corrected chi connectivity index (χ2v) is 6.72. The third-order valence-electron chi connectivity index (χ3n) is 4.89. The highest BCUT2D eigenvalue weighted by Gasteiger charge is 2.36. The quantitative estimate of drug-likeness (QED) is 0.883. The van der Waals surface area contributed by atoms with E-state index in [9.17, 15) is 9.90 Å². The van der Waals surface area contributed by atoms with E-state index in [1.165, 1.54) is 0 Å². The zero-order chi connectivity index (χ0) is 15.8. The highest BCUT2D eigenvalue weighted by atomic mass is 16.3. The van der Waals surface area contributed by atoms with E-state index in [0.29, 0.717) is 24.0 Å². The van der Waals surface area contributed by atoms with Crippen LogP contribution in [0.3, 0.4) is 0 Å². The molecular weight excluding hydrogens is 294 g/mol. The number of imidazole rings is 1. The Bertz CT molecular complexity index is 675. The smallest absolute Gasteiger partial charge is 0.287 e. The number of aliphatic hydroxyl groups is 1.